The molecule has 2 heterocycles. The van der Waals surface area contributed by atoms with Crippen molar-refractivity contribution in [3.63, 3.8) is 0 Å². The van der Waals surface area contributed by atoms with E-state index in [1.165, 1.54) is 0 Å². The highest BCUT2D eigenvalue weighted by Gasteiger charge is 2.46. The number of para-hydroxylation sites is 1. The summed E-state index contributed by atoms with van der Waals surface area (Å²) < 4.78 is 5.81. The molecule has 0 aliphatic carbocycles. The summed E-state index contributed by atoms with van der Waals surface area (Å²) in [6.07, 6.45) is 1.82. The van der Waals surface area contributed by atoms with E-state index in [0.29, 0.717) is 36.9 Å². The Hall–Kier alpha value is -3.58. The number of hydrogen-bond donors (Lipinski definition) is 2. The standard InChI is InChI=1S/C27H31N3O4/c1-17(2)16-34-19-9-7-8-18(14-19)25(31)23-24(21-15-28-22-11-6-5-10-20(21)22)30(13-12-29(3)4)27(33)26(23)32/h5-11,14-15,17,24,28,31H,12-13,16H2,1-4H3/b25-23+. The SMILES string of the molecule is CC(C)COc1cccc(/C(O)=C2\C(=O)C(=O)N(CCN(C)C)C2c2c[nH]c3ccccc23)c1. The van der Waals surface area contributed by atoms with Crippen molar-refractivity contribution in [2.45, 2.75) is 19.9 Å². The van der Waals surface area contributed by atoms with Crippen LogP contribution in [0.4, 0.5) is 0 Å². The zero-order valence-electron chi connectivity index (χ0n) is 20.0. The van der Waals surface area contributed by atoms with Crippen LogP contribution in [0.1, 0.15) is 31.0 Å². The normalized spacial score (nSPS) is 17.9. The Bertz CT molecular complexity index is 1240. The summed E-state index contributed by atoms with van der Waals surface area (Å²) in [5.74, 6) is -0.536. The molecule has 1 unspecified atom stereocenters. The minimum Gasteiger partial charge on any atom is -0.507 e. The van der Waals surface area contributed by atoms with E-state index in [1.54, 1.807) is 23.1 Å². The van der Waals surface area contributed by atoms with Crippen molar-refractivity contribution in [1.82, 2.24) is 14.8 Å². The number of likely N-dealkylation sites (N-methyl/N-ethyl adjacent to an activating group) is 1. The third kappa shape index (κ3) is 4.56. The molecule has 1 saturated heterocycles. The first-order valence-electron chi connectivity index (χ1n) is 11.5. The van der Waals surface area contributed by atoms with Crippen LogP contribution in [0.15, 0.2) is 60.3 Å². The van der Waals surface area contributed by atoms with Gasteiger partial charge in [0, 0.05) is 41.3 Å². The van der Waals surface area contributed by atoms with Gasteiger partial charge in [-0.25, -0.2) is 0 Å². The van der Waals surface area contributed by atoms with E-state index in [4.69, 9.17) is 4.74 Å². The Morgan fingerprint density at radius 2 is 1.91 bits per heavy atom. The Labute approximate surface area is 199 Å². The molecule has 7 heteroatoms. The predicted molar refractivity (Wildman–Crippen MR) is 133 cm³/mol. The Morgan fingerprint density at radius 3 is 2.65 bits per heavy atom. The number of nitrogens with one attached hydrogen (secondary N) is 1. The average Bonchev–Trinajstić information content (AvgIpc) is 3.34. The second-order valence-electron chi connectivity index (χ2n) is 9.32. The number of aliphatic hydroxyl groups is 1. The Balaban J connectivity index is 1.83. The van der Waals surface area contributed by atoms with Crippen molar-refractivity contribution in [3.05, 3.63) is 71.4 Å². The molecule has 4 rings (SSSR count). The molecule has 1 aliphatic heterocycles. The van der Waals surface area contributed by atoms with E-state index in [0.717, 1.165) is 16.5 Å². The van der Waals surface area contributed by atoms with Gasteiger partial charge in [0.2, 0.25) is 0 Å². The number of H-pyrrole nitrogens is 1. The van der Waals surface area contributed by atoms with Gasteiger partial charge < -0.3 is 24.6 Å². The molecule has 0 saturated carbocycles. The van der Waals surface area contributed by atoms with Crippen molar-refractivity contribution in [1.29, 1.82) is 0 Å². The number of aromatic amines is 1. The number of carbonyl (C=O) groups excluding carboxylic acids is 2. The number of rotatable bonds is 8. The van der Waals surface area contributed by atoms with E-state index >= 15 is 0 Å². The van der Waals surface area contributed by atoms with E-state index < -0.39 is 17.7 Å². The van der Waals surface area contributed by atoms with Crippen LogP contribution in [-0.2, 0) is 9.59 Å². The summed E-state index contributed by atoms with van der Waals surface area (Å²) in [6.45, 7) is 5.59. The lowest BCUT2D eigenvalue weighted by molar-refractivity contribution is -0.140. The predicted octanol–water partition coefficient (Wildman–Crippen LogP) is 4.19. The maximum atomic E-state index is 13.3. The van der Waals surface area contributed by atoms with Gasteiger partial charge in [0.05, 0.1) is 18.2 Å². The molecule has 1 amide bonds. The fourth-order valence-corrected chi connectivity index (χ4v) is 4.21. The fraction of sp³-hybridized carbons (Fsp3) is 0.333. The van der Waals surface area contributed by atoms with Crippen LogP contribution in [0.3, 0.4) is 0 Å². The van der Waals surface area contributed by atoms with E-state index in [-0.39, 0.29) is 11.3 Å². The van der Waals surface area contributed by atoms with Gasteiger partial charge in [-0.3, -0.25) is 9.59 Å². The summed E-state index contributed by atoms with van der Waals surface area (Å²) in [6, 6.07) is 14.0. The summed E-state index contributed by atoms with van der Waals surface area (Å²) in [5, 5.41) is 12.3. The number of aromatic nitrogens is 1. The second kappa shape index (κ2) is 9.73. The van der Waals surface area contributed by atoms with Gasteiger partial charge in [0.25, 0.3) is 11.7 Å². The van der Waals surface area contributed by atoms with Crippen molar-refractivity contribution >= 4 is 28.4 Å². The molecular weight excluding hydrogens is 430 g/mol. The van der Waals surface area contributed by atoms with Gasteiger partial charge in [-0.05, 0) is 38.2 Å². The highest BCUT2D eigenvalue weighted by Crippen LogP contribution is 2.42. The van der Waals surface area contributed by atoms with Crippen molar-refractivity contribution in [2.24, 2.45) is 5.92 Å². The number of likely N-dealkylation sites (tertiary alicyclic amines) is 1. The topological polar surface area (TPSA) is 85.9 Å². The quantitative estimate of drug-likeness (QED) is 0.299. The number of benzene rings is 2. The highest BCUT2D eigenvalue weighted by molar-refractivity contribution is 6.46. The number of nitrogens with zero attached hydrogens (tertiary/aromatic N) is 2. The van der Waals surface area contributed by atoms with Crippen molar-refractivity contribution in [3.8, 4) is 5.75 Å². The lowest BCUT2D eigenvalue weighted by Gasteiger charge is -2.26. The number of carbonyl (C=O) groups is 2. The number of fused-ring (bicyclic) bond motifs is 1. The van der Waals surface area contributed by atoms with Gasteiger partial charge in [-0.2, -0.15) is 0 Å². The second-order valence-corrected chi connectivity index (χ2v) is 9.32. The number of aliphatic hydroxyl groups excluding tert-OH is 1. The molecule has 3 aromatic rings. The Morgan fingerprint density at radius 1 is 1.15 bits per heavy atom. The molecule has 0 radical (unpaired) electrons. The molecule has 1 fully saturated rings. The zero-order valence-corrected chi connectivity index (χ0v) is 20.0. The fourth-order valence-electron chi connectivity index (χ4n) is 4.21. The van der Waals surface area contributed by atoms with Crippen LogP contribution in [-0.4, -0.2) is 65.4 Å². The Kier molecular flexibility index (Phi) is 6.75. The molecule has 34 heavy (non-hydrogen) atoms. The minimum absolute atomic E-state index is 0.0921. The summed E-state index contributed by atoms with van der Waals surface area (Å²) in [4.78, 5) is 33.1. The van der Waals surface area contributed by atoms with Crippen molar-refractivity contribution < 1.29 is 19.4 Å². The third-order valence-corrected chi connectivity index (χ3v) is 5.93. The number of hydrogen-bond acceptors (Lipinski definition) is 5. The molecule has 2 aromatic carbocycles. The average molecular weight is 462 g/mol. The number of ether oxygens (including phenoxy) is 1. The van der Waals surface area contributed by atoms with Crippen LogP contribution in [0, 0.1) is 5.92 Å². The van der Waals surface area contributed by atoms with Gasteiger partial charge in [-0.1, -0.05) is 44.2 Å². The molecule has 2 N–H and O–H groups in total. The first kappa shape index (κ1) is 23.6. The highest BCUT2D eigenvalue weighted by atomic mass is 16.5. The molecular formula is C27H31N3O4. The van der Waals surface area contributed by atoms with Crippen molar-refractivity contribution in [2.75, 3.05) is 33.8 Å². The number of Topliss-reactive ketones (excluding diaryl/α,β-unsaturated/α-hetero) is 1. The first-order chi connectivity index (χ1) is 16.3. The van der Waals surface area contributed by atoms with Gasteiger partial charge in [-0.15, -0.1) is 0 Å². The molecule has 0 spiro atoms. The lowest BCUT2D eigenvalue weighted by Crippen LogP contribution is -2.35. The molecule has 7 nitrogen and oxygen atoms in total. The van der Waals surface area contributed by atoms with E-state index in [1.807, 2.05) is 55.5 Å². The monoisotopic (exact) mass is 461 g/mol. The largest absolute Gasteiger partial charge is 0.507 e. The van der Waals surface area contributed by atoms with Crippen LogP contribution >= 0.6 is 0 Å². The maximum Gasteiger partial charge on any atom is 0.295 e. The van der Waals surface area contributed by atoms with Crippen LogP contribution < -0.4 is 4.74 Å². The minimum atomic E-state index is -0.698. The molecule has 178 valence electrons. The molecule has 0 bridgehead atoms. The summed E-state index contributed by atoms with van der Waals surface area (Å²) >= 11 is 0. The third-order valence-electron chi connectivity index (χ3n) is 5.93. The van der Waals surface area contributed by atoms with Gasteiger partial charge >= 0.3 is 0 Å². The van der Waals surface area contributed by atoms with Gasteiger partial charge in [0.1, 0.15) is 11.5 Å². The summed E-state index contributed by atoms with van der Waals surface area (Å²) in [7, 11) is 3.83. The zero-order chi connectivity index (χ0) is 24.4. The first-order valence-corrected chi connectivity index (χ1v) is 11.5. The molecule has 1 aliphatic rings. The summed E-state index contributed by atoms with van der Waals surface area (Å²) in [5.41, 5.74) is 2.22. The van der Waals surface area contributed by atoms with Gasteiger partial charge in [0.15, 0.2) is 0 Å². The van der Waals surface area contributed by atoms with Crippen LogP contribution in [0.2, 0.25) is 0 Å². The van der Waals surface area contributed by atoms with Crippen LogP contribution in [0.25, 0.3) is 16.7 Å². The molecule has 1 aromatic heterocycles. The number of ketones is 1. The van der Waals surface area contributed by atoms with Crippen LogP contribution in [0.5, 0.6) is 5.75 Å². The molecule has 1 atom stereocenters. The number of amides is 1. The lowest BCUT2D eigenvalue weighted by atomic mass is 9.95. The van der Waals surface area contributed by atoms with E-state index in [2.05, 4.69) is 18.8 Å². The van der Waals surface area contributed by atoms with E-state index in [9.17, 15) is 14.7 Å². The maximum absolute atomic E-state index is 13.3. The smallest absolute Gasteiger partial charge is 0.295 e.